The van der Waals surface area contributed by atoms with Gasteiger partial charge in [0.25, 0.3) is 0 Å². The van der Waals surface area contributed by atoms with E-state index in [0.717, 1.165) is 0 Å². The second kappa shape index (κ2) is 3.97. The van der Waals surface area contributed by atoms with Gasteiger partial charge in [-0.2, -0.15) is 5.53 Å². The first-order chi connectivity index (χ1) is 3.35. The van der Waals surface area contributed by atoms with Gasteiger partial charge >= 0.3 is 0 Å². The molecule has 0 radical (unpaired) electrons. The third-order valence-corrected chi connectivity index (χ3v) is 0.623. The number of nitrogens with one attached hydrogen (secondary N) is 1. The quantitative estimate of drug-likeness (QED) is 0.181. The lowest BCUT2D eigenvalue weighted by atomic mass is 10.9. The number of hydrogen-bond acceptors (Lipinski definition) is 5. The third-order valence-electron chi connectivity index (χ3n) is 0.623. The van der Waals surface area contributed by atoms with E-state index in [1.54, 1.807) is 0 Å². The van der Waals surface area contributed by atoms with Crippen LogP contribution in [0.2, 0.25) is 0 Å². The Morgan fingerprint density at radius 2 is 1.71 bits per heavy atom. The van der Waals surface area contributed by atoms with Crippen molar-refractivity contribution in [3.8, 4) is 0 Å². The fraction of sp³-hybridized carbons (Fsp3) is 1.00. The molecule has 0 rings (SSSR count). The van der Waals surface area contributed by atoms with Crippen molar-refractivity contribution in [3.63, 3.8) is 0 Å². The number of nitrogens with zero attached hydrogens (tertiary/aromatic N) is 1. The van der Waals surface area contributed by atoms with Crippen LogP contribution in [0.5, 0.6) is 0 Å². The van der Waals surface area contributed by atoms with Crippen LogP contribution < -0.4 is 22.8 Å². The highest BCUT2D eigenvalue weighted by Crippen LogP contribution is 1.61. The van der Waals surface area contributed by atoms with Gasteiger partial charge in [0.15, 0.2) is 0 Å². The normalized spacial score (nSPS) is 10.3. The lowest BCUT2D eigenvalue weighted by molar-refractivity contribution is 0.201. The zero-order chi connectivity index (χ0) is 5.70. The predicted octanol–water partition coefficient (Wildman–Crippen LogP) is -2.50. The summed E-state index contributed by atoms with van der Waals surface area (Å²) in [5, 5.41) is 1.46. The Morgan fingerprint density at radius 3 is 1.71 bits per heavy atom. The molecule has 0 unspecified atom stereocenters. The molecule has 0 atom stereocenters. The molecular weight excluding hydrogens is 94.1 g/mol. The van der Waals surface area contributed by atoms with E-state index in [-0.39, 0.29) is 0 Å². The summed E-state index contributed by atoms with van der Waals surface area (Å²) < 4.78 is 0. The first-order valence-electron chi connectivity index (χ1n) is 1.96. The molecule has 0 fully saturated rings. The molecule has 5 nitrogen and oxygen atoms in total. The topological polar surface area (TPSA) is 93.3 Å². The van der Waals surface area contributed by atoms with E-state index < -0.39 is 0 Å². The second-order valence-corrected chi connectivity index (χ2v) is 1.03. The van der Waals surface area contributed by atoms with Gasteiger partial charge < -0.3 is 11.5 Å². The Hall–Kier alpha value is -0.200. The van der Waals surface area contributed by atoms with Crippen LogP contribution in [-0.4, -0.2) is 18.3 Å². The van der Waals surface area contributed by atoms with Gasteiger partial charge in [-0.05, 0) is 0 Å². The van der Waals surface area contributed by atoms with Crippen LogP contribution in [-0.2, 0) is 0 Å². The van der Waals surface area contributed by atoms with Crippen molar-refractivity contribution < 1.29 is 0 Å². The van der Waals surface area contributed by atoms with Gasteiger partial charge in [-0.25, -0.2) is 5.01 Å². The van der Waals surface area contributed by atoms with Gasteiger partial charge in [0.05, 0.1) is 13.3 Å². The Kier molecular flexibility index (Phi) is 3.86. The summed E-state index contributed by atoms with van der Waals surface area (Å²) >= 11 is 0. The molecule has 44 valence electrons. The average Bonchev–Trinajstić information content (AvgIpc) is 1.72. The maximum absolute atomic E-state index is 5.10. The third kappa shape index (κ3) is 2.49. The van der Waals surface area contributed by atoms with E-state index in [0.29, 0.717) is 13.3 Å². The van der Waals surface area contributed by atoms with E-state index >= 15 is 0 Å². The van der Waals surface area contributed by atoms with E-state index in [2.05, 4.69) is 5.53 Å². The average molecular weight is 105 g/mol. The first kappa shape index (κ1) is 6.80. The summed E-state index contributed by atoms with van der Waals surface area (Å²) in [5.41, 5.74) is 12.5. The van der Waals surface area contributed by atoms with Crippen molar-refractivity contribution in [1.82, 2.24) is 10.5 Å². The van der Waals surface area contributed by atoms with Crippen LogP contribution in [0.4, 0.5) is 0 Å². The van der Waals surface area contributed by atoms with Gasteiger partial charge in [-0.3, -0.25) is 5.84 Å². The summed E-state index contributed by atoms with van der Waals surface area (Å²) in [4.78, 5) is 0. The molecule has 0 aliphatic rings. The summed E-state index contributed by atoms with van der Waals surface area (Å²) in [5.74, 6) is 4.91. The van der Waals surface area contributed by atoms with Crippen LogP contribution in [0.15, 0.2) is 0 Å². The molecule has 0 bridgehead atoms. The Labute approximate surface area is 42.4 Å². The SMILES string of the molecule is NCN(CN)NN. The monoisotopic (exact) mass is 105 g/mol. The molecular formula is C2H11N5. The largest absolute Gasteiger partial charge is 0.317 e. The summed E-state index contributed by atoms with van der Waals surface area (Å²) in [6, 6.07) is 0. The maximum atomic E-state index is 5.10. The molecule has 0 saturated heterocycles. The number of hydrogen-bond donors (Lipinski definition) is 4. The van der Waals surface area contributed by atoms with Gasteiger partial charge in [0.2, 0.25) is 0 Å². The molecule has 0 saturated carbocycles. The Bertz CT molecular complexity index is 27.6. The lowest BCUT2D eigenvalue weighted by Gasteiger charge is -2.13. The maximum Gasteiger partial charge on any atom is 0.0623 e. The summed E-state index contributed by atoms with van der Waals surface area (Å²) in [6.45, 7) is 0.653. The fourth-order valence-electron chi connectivity index (χ4n) is 0.180. The van der Waals surface area contributed by atoms with Crippen molar-refractivity contribution >= 4 is 0 Å². The first-order valence-corrected chi connectivity index (χ1v) is 1.96. The van der Waals surface area contributed by atoms with Crippen LogP contribution in [0.1, 0.15) is 0 Å². The van der Waals surface area contributed by atoms with Gasteiger partial charge in [0.1, 0.15) is 0 Å². The predicted molar refractivity (Wildman–Crippen MR) is 27.3 cm³/mol. The molecule has 0 aromatic heterocycles. The number of hydrazine groups is 2. The molecule has 0 heterocycles. The van der Waals surface area contributed by atoms with Crippen molar-refractivity contribution in [3.05, 3.63) is 0 Å². The summed E-state index contributed by atoms with van der Waals surface area (Å²) in [7, 11) is 0. The van der Waals surface area contributed by atoms with Crippen LogP contribution in [0.3, 0.4) is 0 Å². The molecule has 7 N–H and O–H groups in total. The Morgan fingerprint density at radius 1 is 1.29 bits per heavy atom. The highest BCUT2D eigenvalue weighted by molar-refractivity contribution is 4.32. The van der Waals surface area contributed by atoms with Crippen molar-refractivity contribution in [2.75, 3.05) is 13.3 Å². The summed E-state index contributed by atoms with van der Waals surface area (Å²) in [6.07, 6.45) is 0. The van der Waals surface area contributed by atoms with Crippen LogP contribution >= 0.6 is 0 Å². The van der Waals surface area contributed by atoms with Gasteiger partial charge in [-0.1, -0.05) is 0 Å². The second-order valence-electron chi connectivity index (χ2n) is 1.03. The molecule has 0 aliphatic heterocycles. The minimum absolute atomic E-state index is 0.326. The molecule has 0 aromatic rings. The molecule has 0 spiro atoms. The van der Waals surface area contributed by atoms with Crippen molar-refractivity contribution in [2.24, 2.45) is 17.3 Å². The van der Waals surface area contributed by atoms with Crippen LogP contribution in [0.25, 0.3) is 0 Å². The molecule has 0 amide bonds. The van der Waals surface area contributed by atoms with Crippen LogP contribution in [0, 0.1) is 0 Å². The van der Waals surface area contributed by atoms with Gasteiger partial charge in [-0.15, -0.1) is 0 Å². The lowest BCUT2D eigenvalue weighted by Crippen LogP contribution is -2.48. The highest BCUT2D eigenvalue weighted by Gasteiger charge is 1.89. The van der Waals surface area contributed by atoms with E-state index in [9.17, 15) is 0 Å². The molecule has 0 aliphatic carbocycles. The molecule has 5 heteroatoms. The zero-order valence-electron chi connectivity index (χ0n) is 4.09. The standard InChI is InChI=1S/C2H11N5/c3-1-7(2-4)6-5/h6H,1-5H2. The Balaban J connectivity index is 2.99. The minimum Gasteiger partial charge on any atom is -0.317 e. The molecule has 0 aromatic carbocycles. The van der Waals surface area contributed by atoms with E-state index in [1.807, 2.05) is 0 Å². The van der Waals surface area contributed by atoms with E-state index in [1.165, 1.54) is 5.01 Å². The van der Waals surface area contributed by atoms with Gasteiger partial charge in [0, 0.05) is 0 Å². The number of rotatable bonds is 3. The van der Waals surface area contributed by atoms with Crippen molar-refractivity contribution in [2.45, 2.75) is 0 Å². The minimum atomic E-state index is 0.326. The zero-order valence-corrected chi connectivity index (χ0v) is 4.09. The molecule has 7 heavy (non-hydrogen) atoms. The highest BCUT2D eigenvalue weighted by atomic mass is 15.6. The van der Waals surface area contributed by atoms with E-state index in [4.69, 9.17) is 17.3 Å². The smallest absolute Gasteiger partial charge is 0.0623 e. The fourth-order valence-corrected chi connectivity index (χ4v) is 0.180. The van der Waals surface area contributed by atoms with Crippen molar-refractivity contribution in [1.29, 1.82) is 0 Å². The number of nitrogens with two attached hydrogens (primary N) is 3.